The molecule has 0 saturated carbocycles. The molecule has 2 aromatic carbocycles. The predicted octanol–water partition coefficient (Wildman–Crippen LogP) is 4.75. The number of aliphatic hydroxyl groups excluding tert-OH is 1. The van der Waals surface area contributed by atoms with E-state index in [-0.39, 0.29) is 0 Å². The summed E-state index contributed by atoms with van der Waals surface area (Å²) in [6.07, 6.45) is 0.472. The van der Waals surface area contributed by atoms with Crippen molar-refractivity contribution in [2.24, 2.45) is 0 Å². The second-order valence-electron chi connectivity index (χ2n) is 4.47. The lowest BCUT2D eigenvalue weighted by Crippen LogP contribution is -1.92. The van der Waals surface area contributed by atoms with E-state index in [0.717, 1.165) is 17.7 Å². The minimum atomic E-state index is -0.532. The molecule has 0 aliphatic heterocycles. The first-order valence-electron chi connectivity index (χ1n) is 6.34. The zero-order valence-corrected chi connectivity index (χ0v) is 11.8. The van der Waals surface area contributed by atoms with Gasteiger partial charge in [0.15, 0.2) is 0 Å². The van der Waals surface area contributed by atoms with E-state index in [0.29, 0.717) is 10.8 Å². The van der Waals surface area contributed by atoms with Crippen molar-refractivity contribution >= 4 is 11.6 Å². The Kier molecular flexibility index (Phi) is 4.46. The molecule has 2 nitrogen and oxygen atoms in total. The topological polar surface area (TPSA) is 29.5 Å². The molecule has 0 spiro atoms. The Morgan fingerprint density at radius 2 is 1.84 bits per heavy atom. The van der Waals surface area contributed by atoms with Crippen molar-refractivity contribution in [2.45, 2.75) is 26.4 Å². The lowest BCUT2D eigenvalue weighted by molar-refractivity contribution is 0.199. The first-order valence-corrected chi connectivity index (χ1v) is 6.72. The van der Waals surface area contributed by atoms with E-state index in [4.69, 9.17) is 16.3 Å². The highest BCUT2D eigenvalue weighted by Gasteiger charge is 2.07. The maximum Gasteiger partial charge on any atom is 0.146 e. The number of aryl methyl sites for hydroxylation is 1. The third-order valence-corrected chi connectivity index (χ3v) is 3.29. The summed E-state index contributed by atoms with van der Waals surface area (Å²) in [4.78, 5) is 0. The Bertz CT molecular complexity index is 547. The summed E-state index contributed by atoms with van der Waals surface area (Å²) < 4.78 is 5.73. The van der Waals surface area contributed by atoms with Crippen LogP contribution in [0, 0.1) is 0 Å². The summed E-state index contributed by atoms with van der Waals surface area (Å²) in [6.45, 7) is 3.82. The van der Waals surface area contributed by atoms with Gasteiger partial charge in [-0.05, 0) is 48.7 Å². The molecule has 0 aliphatic carbocycles. The molecule has 1 atom stereocenters. The minimum Gasteiger partial charge on any atom is -0.456 e. The fraction of sp³-hybridized carbons (Fsp3) is 0.250. The number of halogens is 1. The van der Waals surface area contributed by atoms with Crippen molar-refractivity contribution in [1.82, 2.24) is 0 Å². The van der Waals surface area contributed by atoms with Crippen molar-refractivity contribution < 1.29 is 9.84 Å². The monoisotopic (exact) mass is 276 g/mol. The highest BCUT2D eigenvalue weighted by Crippen LogP contribution is 2.31. The van der Waals surface area contributed by atoms with Crippen molar-refractivity contribution in [3.8, 4) is 11.5 Å². The summed E-state index contributed by atoms with van der Waals surface area (Å²) in [5, 5.41) is 9.99. The fourth-order valence-corrected chi connectivity index (χ4v) is 2.01. The third kappa shape index (κ3) is 3.49. The lowest BCUT2D eigenvalue weighted by atomic mass is 10.1. The average Bonchev–Trinajstić information content (AvgIpc) is 2.41. The van der Waals surface area contributed by atoms with Crippen LogP contribution in [-0.2, 0) is 6.42 Å². The smallest absolute Gasteiger partial charge is 0.146 e. The van der Waals surface area contributed by atoms with Crippen molar-refractivity contribution in [3.05, 3.63) is 58.6 Å². The van der Waals surface area contributed by atoms with Crippen molar-refractivity contribution in [2.75, 3.05) is 0 Å². The van der Waals surface area contributed by atoms with Gasteiger partial charge >= 0.3 is 0 Å². The van der Waals surface area contributed by atoms with E-state index in [1.54, 1.807) is 19.1 Å². The van der Waals surface area contributed by atoms with E-state index >= 15 is 0 Å². The van der Waals surface area contributed by atoms with Crippen LogP contribution >= 0.6 is 11.6 Å². The molecule has 0 bridgehead atoms. The molecule has 2 rings (SSSR count). The molecule has 0 saturated heterocycles. The van der Waals surface area contributed by atoms with Crippen LogP contribution in [0.1, 0.15) is 31.1 Å². The molecule has 100 valence electrons. The quantitative estimate of drug-likeness (QED) is 0.873. The van der Waals surface area contributed by atoms with Crippen LogP contribution in [-0.4, -0.2) is 5.11 Å². The molecule has 0 aliphatic rings. The molecule has 0 radical (unpaired) electrons. The summed E-state index contributed by atoms with van der Waals surface area (Å²) >= 11 is 6.15. The average molecular weight is 277 g/mol. The van der Waals surface area contributed by atoms with Crippen LogP contribution < -0.4 is 4.74 Å². The van der Waals surface area contributed by atoms with Gasteiger partial charge in [0.2, 0.25) is 0 Å². The first-order chi connectivity index (χ1) is 9.10. The van der Waals surface area contributed by atoms with Crippen LogP contribution in [0.4, 0.5) is 0 Å². The Morgan fingerprint density at radius 3 is 2.37 bits per heavy atom. The molecule has 0 fully saturated rings. The minimum absolute atomic E-state index is 0.498. The molecule has 19 heavy (non-hydrogen) atoms. The number of rotatable bonds is 4. The van der Waals surface area contributed by atoms with E-state index in [1.807, 2.05) is 30.3 Å². The highest BCUT2D eigenvalue weighted by molar-refractivity contribution is 6.32. The zero-order chi connectivity index (χ0) is 13.8. The number of hydrogen-bond acceptors (Lipinski definition) is 2. The van der Waals surface area contributed by atoms with Crippen molar-refractivity contribution in [3.63, 3.8) is 0 Å². The van der Waals surface area contributed by atoms with E-state index in [9.17, 15) is 5.11 Å². The predicted molar refractivity (Wildman–Crippen MR) is 78.0 cm³/mol. The second-order valence-corrected chi connectivity index (χ2v) is 4.87. The van der Waals surface area contributed by atoms with Crippen molar-refractivity contribution in [1.29, 1.82) is 0 Å². The largest absolute Gasteiger partial charge is 0.456 e. The van der Waals surface area contributed by atoms with E-state index < -0.39 is 6.10 Å². The van der Waals surface area contributed by atoms with Gasteiger partial charge in [-0.3, -0.25) is 0 Å². The molecule has 0 amide bonds. The zero-order valence-electron chi connectivity index (χ0n) is 11.1. The second kappa shape index (κ2) is 6.09. The van der Waals surface area contributed by atoms with Crippen LogP contribution in [0.3, 0.4) is 0 Å². The molecule has 1 N–H and O–H groups in total. The molecule has 2 aromatic rings. The first kappa shape index (κ1) is 13.9. The Morgan fingerprint density at radius 1 is 1.16 bits per heavy atom. The standard InChI is InChI=1S/C16H17ClO2/c1-3-12-4-7-14(8-5-12)19-16-9-6-13(11(2)18)10-15(16)17/h4-11,18H,3H2,1-2H3/t11-/m1/s1. The molecule has 0 heterocycles. The molecule has 0 aromatic heterocycles. The van der Waals surface area contributed by atoms with Crippen LogP contribution in [0.5, 0.6) is 11.5 Å². The maximum absolute atomic E-state index is 9.49. The molecular weight excluding hydrogens is 260 g/mol. The number of hydrogen-bond donors (Lipinski definition) is 1. The Labute approximate surface area is 118 Å². The Balaban J connectivity index is 2.18. The van der Waals surface area contributed by atoms with Gasteiger partial charge in [0.1, 0.15) is 11.5 Å². The van der Waals surface area contributed by atoms with Gasteiger partial charge in [0, 0.05) is 0 Å². The molecular formula is C16H17ClO2. The number of benzene rings is 2. The van der Waals surface area contributed by atoms with Gasteiger partial charge in [-0.15, -0.1) is 0 Å². The summed E-state index contributed by atoms with van der Waals surface area (Å²) in [5.74, 6) is 1.35. The van der Waals surface area contributed by atoms with Gasteiger partial charge in [0.05, 0.1) is 11.1 Å². The van der Waals surface area contributed by atoms with Crippen LogP contribution in [0.2, 0.25) is 5.02 Å². The van der Waals surface area contributed by atoms with E-state index in [2.05, 4.69) is 6.92 Å². The Hall–Kier alpha value is -1.51. The molecule has 3 heteroatoms. The number of ether oxygens (including phenoxy) is 1. The summed E-state index contributed by atoms with van der Waals surface area (Å²) in [6, 6.07) is 13.2. The number of aliphatic hydroxyl groups is 1. The van der Waals surface area contributed by atoms with Gasteiger partial charge in [-0.1, -0.05) is 36.7 Å². The maximum atomic E-state index is 9.49. The van der Waals surface area contributed by atoms with Crippen LogP contribution in [0.15, 0.2) is 42.5 Å². The van der Waals surface area contributed by atoms with Crippen LogP contribution in [0.25, 0.3) is 0 Å². The van der Waals surface area contributed by atoms with Gasteiger partial charge in [-0.25, -0.2) is 0 Å². The lowest BCUT2D eigenvalue weighted by Gasteiger charge is -2.11. The third-order valence-electron chi connectivity index (χ3n) is 3.00. The van der Waals surface area contributed by atoms with Gasteiger partial charge < -0.3 is 9.84 Å². The normalized spacial score (nSPS) is 12.2. The van der Waals surface area contributed by atoms with Gasteiger partial charge in [-0.2, -0.15) is 0 Å². The van der Waals surface area contributed by atoms with E-state index in [1.165, 1.54) is 5.56 Å². The SMILES string of the molecule is CCc1ccc(Oc2ccc([C@@H](C)O)cc2Cl)cc1. The fourth-order valence-electron chi connectivity index (χ4n) is 1.78. The summed E-state index contributed by atoms with van der Waals surface area (Å²) in [5.41, 5.74) is 2.04. The molecule has 0 unspecified atom stereocenters. The van der Waals surface area contributed by atoms with Gasteiger partial charge in [0.25, 0.3) is 0 Å². The highest BCUT2D eigenvalue weighted by atomic mass is 35.5. The summed E-state index contributed by atoms with van der Waals surface area (Å²) in [7, 11) is 0.